The summed E-state index contributed by atoms with van der Waals surface area (Å²) in [6.45, 7) is 2.74. The van der Waals surface area contributed by atoms with Gasteiger partial charge in [0.15, 0.2) is 0 Å². The minimum atomic E-state index is -0.401. The first kappa shape index (κ1) is 15.4. The van der Waals surface area contributed by atoms with Gasteiger partial charge in [0.25, 0.3) is 5.91 Å². The maximum atomic E-state index is 12.9. The molecule has 21 heavy (non-hydrogen) atoms. The maximum absolute atomic E-state index is 12.9. The van der Waals surface area contributed by atoms with Gasteiger partial charge < -0.3 is 5.32 Å². The molecular formula is C15H20FN3O2. The molecule has 0 aliphatic carbocycles. The highest BCUT2D eigenvalue weighted by Crippen LogP contribution is 2.12. The summed E-state index contributed by atoms with van der Waals surface area (Å²) in [6, 6.07) is 5.43. The van der Waals surface area contributed by atoms with Gasteiger partial charge in [-0.2, -0.15) is 0 Å². The van der Waals surface area contributed by atoms with Gasteiger partial charge in [-0.25, -0.2) is 14.1 Å². The molecule has 0 radical (unpaired) electrons. The van der Waals surface area contributed by atoms with E-state index in [1.54, 1.807) is 12.1 Å². The number of carbonyl (C=O) groups is 2. The van der Waals surface area contributed by atoms with Gasteiger partial charge in [0.05, 0.1) is 6.67 Å². The molecule has 0 saturated carbocycles. The third-order valence-corrected chi connectivity index (χ3v) is 3.43. The Hall–Kier alpha value is -1.95. The normalized spacial score (nSPS) is 18.5. The van der Waals surface area contributed by atoms with Crippen molar-refractivity contribution in [2.45, 2.75) is 32.4 Å². The summed E-state index contributed by atoms with van der Waals surface area (Å²) in [5, 5.41) is 2.69. The van der Waals surface area contributed by atoms with E-state index in [4.69, 9.17) is 0 Å². The molecule has 1 unspecified atom stereocenters. The van der Waals surface area contributed by atoms with E-state index in [0.29, 0.717) is 13.0 Å². The summed E-state index contributed by atoms with van der Waals surface area (Å²) in [4.78, 5) is 27.0. The van der Waals surface area contributed by atoms with Crippen molar-refractivity contribution in [2.75, 3.05) is 13.7 Å². The average molecular weight is 293 g/mol. The largest absolute Gasteiger partial charge is 0.326 e. The maximum Gasteiger partial charge on any atom is 0.325 e. The second-order valence-corrected chi connectivity index (χ2v) is 5.34. The van der Waals surface area contributed by atoms with E-state index in [1.165, 1.54) is 17.0 Å². The fourth-order valence-corrected chi connectivity index (χ4v) is 2.39. The molecule has 1 aromatic rings. The summed E-state index contributed by atoms with van der Waals surface area (Å²) < 4.78 is 12.9. The van der Waals surface area contributed by atoms with Gasteiger partial charge in [-0.1, -0.05) is 25.5 Å². The standard InChI is InChI=1S/C15H20FN3O2/c1-3-4-13-14(20)19(15(21)17-13)10-18(2)9-11-5-7-12(16)8-6-11/h5-8,13H,3-4,9-10H2,1-2H3,(H,17,21). The number of urea groups is 1. The Morgan fingerprint density at radius 1 is 1.29 bits per heavy atom. The number of nitrogens with zero attached hydrogens (tertiary/aromatic N) is 2. The number of carbonyl (C=O) groups excluding carboxylic acids is 2. The molecule has 3 amide bonds. The molecule has 0 aromatic heterocycles. The number of benzene rings is 1. The van der Waals surface area contributed by atoms with Crippen molar-refractivity contribution in [3.63, 3.8) is 0 Å². The quantitative estimate of drug-likeness (QED) is 0.816. The van der Waals surface area contributed by atoms with E-state index < -0.39 is 6.04 Å². The highest BCUT2D eigenvalue weighted by atomic mass is 19.1. The van der Waals surface area contributed by atoms with Crippen molar-refractivity contribution in [1.82, 2.24) is 15.1 Å². The molecule has 0 spiro atoms. The lowest BCUT2D eigenvalue weighted by atomic mass is 10.2. The Labute approximate surface area is 123 Å². The Kier molecular flexibility index (Phi) is 4.90. The molecule has 1 N–H and O–H groups in total. The molecule has 1 fully saturated rings. The van der Waals surface area contributed by atoms with Crippen molar-refractivity contribution in [3.8, 4) is 0 Å². The minimum absolute atomic E-state index is 0.173. The number of rotatable bonds is 6. The first-order valence-electron chi connectivity index (χ1n) is 7.06. The number of halogens is 1. The first-order chi connectivity index (χ1) is 10.0. The molecule has 2 rings (SSSR count). The molecule has 1 aliphatic heterocycles. The van der Waals surface area contributed by atoms with Crippen molar-refractivity contribution in [1.29, 1.82) is 0 Å². The average Bonchev–Trinajstić information content (AvgIpc) is 2.70. The van der Waals surface area contributed by atoms with Crippen LogP contribution in [-0.2, 0) is 11.3 Å². The predicted molar refractivity (Wildman–Crippen MR) is 76.8 cm³/mol. The van der Waals surface area contributed by atoms with Crippen LogP contribution in [0.1, 0.15) is 25.3 Å². The summed E-state index contributed by atoms with van der Waals surface area (Å²) >= 11 is 0. The first-order valence-corrected chi connectivity index (χ1v) is 7.06. The molecule has 1 atom stereocenters. The molecule has 1 heterocycles. The lowest BCUT2D eigenvalue weighted by Gasteiger charge is -2.22. The van der Waals surface area contributed by atoms with E-state index in [9.17, 15) is 14.0 Å². The van der Waals surface area contributed by atoms with Crippen LogP contribution in [0.4, 0.5) is 9.18 Å². The second kappa shape index (κ2) is 6.67. The summed E-state index contributed by atoms with van der Waals surface area (Å²) in [5.74, 6) is -0.453. The van der Waals surface area contributed by atoms with Gasteiger partial charge in [0.2, 0.25) is 0 Å². The summed E-state index contributed by atoms with van der Waals surface area (Å²) in [7, 11) is 1.82. The third-order valence-electron chi connectivity index (χ3n) is 3.43. The van der Waals surface area contributed by atoms with Crippen molar-refractivity contribution < 1.29 is 14.0 Å². The van der Waals surface area contributed by atoms with Crippen LogP contribution in [0.5, 0.6) is 0 Å². The number of hydrogen-bond donors (Lipinski definition) is 1. The van der Waals surface area contributed by atoms with Gasteiger partial charge in [0, 0.05) is 6.54 Å². The van der Waals surface area contributed by atoms with E-state index in [-0.39, 0.29) is 24.4 Å². The van der Waals surface area contributed by atoms with E-state index in [2.05, 4.69) is 5.32 Å². The van der Waals surface area contributed by atoms with Crippen LogP contribution in [0.3, 0.4) is 0 Å². The van der Waals surface area contributed by atoms with Crippen molar-refractivity contribution in [2.24, 2.45) is 0 Å². The number of amides is 3. The number of hydrogen-bond acceptors (Lipinski definition) is 3. The summed E-state index contributed by atoms with van der Waals surface area (Å²) in [6.07, 6.45) is 1.50. The zero-order chi connectivity index (χ0) is 15.4. The Bertz CT molecular complexity index is 518. The van der Waals surface area contributed by atoms with Crippen LogP contribution in [0.25, 0.3) is 0 Å². The zero-order valence-electron chi connectivity index (χ0n) is 12.3. The molecule has 1 aromatic carbocycles. The summed E-state index contributed by atoms with van der Waals surface area (Å²) in [5.41, 5.74) is 0.927. The molecule has 1 saturated heterocycles. The smallest absolute Gasteiger partial charge is 0.325 e. The van der Waals surface area contributed by atoms with Crippen LogP contribution >= 0.6 is 0 Å². The van der Waals surface area contributed by atoms with Gasteiger partial charge >= 0.3 is 6.03 Å². The van der Waals surface area contributed by atoms with Crippen LogP contribution in [-0.4, -0.2) is 41.5 Å². The zero-order valence-corrected chi connectivity index (χ0v) is 12.3. The van der Waals surface area contributed by atoms with Crippen LogP contribution in [0, 0.1) is 5.82 Å². The lowest BCUT2D eigenvalue weighted by molar-refractivity contribution is -0.129. The van der Waals surface area contributed by atoms with E-state index in [0.717, 1.165) is 12.0 Å². The lowest BCUT2D eigenvalue weighted by Crippen LogP contribution is -2.40. The van der Waals surface area contributed by atoms with E-state index >= 15 is 0 Å². The fourth-order valence-electron chi connectivity index (χ4n) is 2.39. The third kappa shape index (κ3) is 3.78. The molecule has 5 nitrogen and oxygen atoms in total. The topological polar surface area (TPSA) is 52.7 Å². The van der Waals surface area contributed by atoms with Gasteiger partial charge in [-0.05, 0) is 31.2 Å². The van der Waals surface area contributed by atoms with E-state index in [1.807, 2.05) is 18.9 Å². The minimum Gasteiger partial charge on any atom is -0.326 e. The van der Waals surface area contributed by atoms with Crippen LogP contribution in [0.2, 0.25) is 0 Å². The highest BCUT2D eigenvalue weighted by Gasteiger charge is 2.37. The predicted octanol–water partition coefficient (Wildman–Crippen LogP) is 1.94. The number of nitrogens with one attached hydrogen (secondary N) is 1. The molecule has 1 aliphatic rings. The SMILES string of the molecule is CCCC1NC(=O)N(CN(C)Cc2ccc(F)cc2)C1=O. The Morgan fingerprint density at radius 3 is 2.57 bits per heavy atom. The van der Waals surface area contributed by atoms with Crippen molar-refractivity contribution in [3.05, 3.63) is 35.6 Å². The molecule has 6 heteroatoms. The van der Waals surface area contributed by atoms with Crippen LogP contribution < -0.4 is 5.32 Å². The fraction of sp³-hybridized carbons (Fsp3) is 0.467. The monoisotopic (exact) mass is 293 g/mol. The Balaban J connectivity index is 1.93. The van der Waals surface area contributed by atoms with Gasteiger partial charge in [-0.3, -0.25) is 9.69 Å². The Morgan fingerprint density at radius 2 is 1.95 bits per heavy atom. The molecule has 0 bridgehead atoms. The van der Waals surface area contributed by atoms with Gasteiger partial charge in [-0.15, -0.1) is 0 Å². The molecule has 114 valence electrons. The molecular weight excluding hydrogens is 273 g/mol. The highest BCUT2D eigenvalue weighted by molar-refractivity contribution is 6.04. The van der Waals surface area contributed by atoms with Crippen molar-refractivity contribution >= 4 is 11.9 Å². The van der Waals surface area contributed by atoms with Gasteiger partial charge in [0.1, 0.15) is 11.9 Å². The second-order valence-electron chi connectivity index (χ2n) is 5.34. The van der Waals surface area contributed by atoms with Crippen LogP contribution in [0.15, 0.2) is 24.3 Å². The number of imide groups is 1.